The molecule has 110 valence electrons. The maximum Gasteiger partial charge on any atom is 0.228 e. The Morgan fingerprint density at radius 2 is 1.81 bits per heavy atom. The Morgan fingerprint density at radius 3 is 2.43 bits per heavy atom. The van der Waals surface area contributed by atoms with Gasteiger partial charge in [0.1, 0.15) is 0 Å². The predicted octanol–water partition coefficient (Wildman–Crippen LogP) is 4.14. The summed E-state index contributed by atoms with van der Waals surface area (Å²) in [6.07, 6.45) is 0.343. The number of nitrogens with two attached hydrogens (primary N) is 1. The van der Waals surface area contributed by atoms with Crippen molar-refractivity contribution in [2.75, 3.05) is 11.1 Å². The van der Waals surface area contributed by atoms with Crippen LogP contribution in [-0.2, 0) is 11.2 Å². The topological polar surface area (TPSA) is 55.1 Å². The molecule has 0 fully saturated rings. The summed E-state index contributed by atoms with van der Waals surface area (Å²) < 4.78 is 0.907. The first-order chi connectivity index (χ1) is 9.86. The average molecular weight is 347 g/mol. The first kappa shape index (κ1) is 15.6. The number of aryl methyl sites for hydroxylation is 3. The quantitative estimate of drug-likeness (QED) is 0.820. The molecule has 2 aromatic carbocycles. The average Bonchev–Trinajstić information content (AvgIpc) is 2.38. The molecule has 0 aliphatic heterocycles. The standard InChI is InChI=1S/C17H19BrN2O/c1-10-4-5-13(6-11(10)2)8-16(21)20-17-12(3)7-14(18)9-15(17)19/h4-7,9H,8,19H2,1-3H3,(H,20,21). The van der Waals surface area contributed by atoms with Gasteiger partial charge in [-0.3, -0.25) is 4.79 Å². The second kappa shape index (κ2) is 6.31. The van der Waals surface area contributed by atoms with Crippen LogP contribution in [-0.4, -0.2) is 5.91 Å². The molecule has 0 unspecified atom stereocenters. The molecule has 0 aliphatic rings. The molecule has 3 nitrogen and oxygen atoms in total. The van der Waals surface area contributed by atoms with Crippen molar-refractivity contribution >= 4 is 33.2 Å². The van der Waals surface area contributed by atoms with E-state index in [-0.39, 0.29) is 5.91 Å². The summed E-state index contributed by atoms with van der Waals surface area (Å²) in [7, 11) is 0. The fourth-order valence-electron chi connectivity index (χ4n) is 2.22. The Hall–Kier alpha value is -1.81. The van der Waals surface area contributed by atoms with Crippen LogP contribution in [0.2, 0.25) is 0 Å². The highest BCUT2D eigenvalue weighted by atomic mass is 79.9. The van der Waals surface area contributed by atoms with Crippen molar-refractivity contribution in [3.05, 3.63) is 57.1 Å². The molecule has 0 atom stereocenters. The third-order valence-corrected chi connectivity index (χ3v) is 3.99. The zero-order chi connectivity index (χ0) is 15.6. The maximum absolute atomic E-state index is 12.2. The van der Waals surface area contributed by atoms with Gasteiger partial charge >= 0.3 is 0 Å². The molecule has 0 heterocycles. The molecule has 0 saturated heterocycles. The van der Waals surface area contributed by atoms with Crippen molar-refractivity contribution in [2.45, 2.75) is 27.2 Å². The Bertz CT molecular complexity index is 672. The van der Waals surface area contributed by atoms with Gasteiger partial charge in [-0.15, -0.1) is 0 Å². The molecule has 4 heteroatoms. The van der Waals surface area contributed by atoms with Gasteiger partial charge in [0.25, 0.3) is 0 Å². The maximum atomic E-state index is 12.2. The minimum absolute atomic E-state index is 0.0598. The summed E-state index contributed by atoms with van der Waals surface area (Å²) in [6.45, 7) is 6.03. The van der Waals surface area contributed by atoms with Crippen molar-refractivity contribution in [1.29, 1.82) is 0 Å². The van der Waals surface area contributed by atoms with E-state index in [0.717, 1.165) is 15.6 Å². The lowest BCUT2D eigenvalue weighted by atomic mass is 10.0. The van der Waals surface area contributed by atoms with Crippen LogP contribution in [0.5, 0.6) is 0 Å². The molecule has 3 N–H and O–H groups in total. The molecular formula is C17H19BrN2O. The van der Waals surface area contributed by atoms with E-state index in [1.165, 1.54) is 11.1 Å². The number of carbonyl (C=O) groups excluding carboxylic acids is 1. The number of benzene rings is 2. The van der Waals surface area contributed by atoms with Gasteiger partial charge in [0.15, 0.2) is 0 Å². The van der Waals surface area contributed by atoms with Crippen molar-refractivity contribution < 1.29 is 4.79 Å². The highest BCUT2D eigenvalue weighted by molar-refractivity contribution is 9.10. The van der Waals surface area contributed by atoms with E-state index in [4.69, 9.17) is 5.73 Å². The van der Waals surface area contributed by atoms with E-state index in [1.54, 1.807) is 6.07 Å². The van der Waals surface area contributed by atoms with E-state index in [2.05, 4.69) is 28.2 Å². The zero-order valence-corrected chi connectivity index (χ0v) is 14.0. The molecular weight excluding hydrogens is 328 g/mol. The monoisotopic (exact) mass is 346 g/mol. The van der Waals surface area contributed by atoms with Crippen molar-refractivity contribution in [2.24, 2.45) is 0 Å². The van der Waals surface area contributed by atoms with Gasteiger partial charge in [-0.1, -0.05) is 34.1 Å². The third kappa shape index (κ3) is 3.85. The summed E-state index contributed by atoms with van der Waals surface area (Å²) in [5.74, 6) is -0.0598. The molecule has 0 aromatic heterocycles. The molecule has 2 aromatic rings. The molecule has 0 aliphatic carbocycles. The summed E-state index contributed by atoms with van der Waals surface area (Å²) >= 11 is 3.39. The van der Waals surface area contributed by atoms with Gasteiger partial charge in [-0.25, -0.2) is 0 Å². The number of carbonyl (C=O) groups is 1. The van der Waals surface area contributed by atoms with E-state index in [1.807, 2.05) is 38.1 Å². The van der Waals surface area contributed by atoms with Crippen LogP contribution in [0.15, 0.2) is 34.8 Å². The number of halogens is 1. The summed E-state index contributed by atoms with van der Waals surface area (Å²) in [5, 5.41) is 2.90. The normalized spacial score (nSPS) is 10.5. The minimum Gasteiger partial charge on any atom is -0.397 e. The van der Waals surface area contributed by atoms with Crippen LogP contribution in [0.4, 0.5) is 11.4 Å². The number of hydrogen-bond acceptors (Lipinski definition) is 2. The number of nitrogen functional groups attached to an aromatic ring is 1. The first-order valence-corrected chi connectivity index (χ1v) is 7.57. The number of rotatable bonds is 3. The van der Waals surface area contributed by atoms with Crippen LogP contribution in [0.1, 0.15) is 22.3 Å². The molecule has 1 amide bonds. The van der Waals surface area contributed by atoms with Crippen LogP contribution >= 0.6 is 15.9 Å². The highest BCUT2D eigenvalue weighted by Gasteiger charge is 2.10. The Labute approximate surface area is 133 Å². The van der Waals surface area contributed by atoms with E-state index < -0.39 is 0 Å². The largest absolute Gasteiger partial charge is 0.397 e. The fraction of sp³-hybridized carbons (Fsp3) is 0.235. The molecule has 0 bridgehead atoms. The van der Waals surface area contributed by atoms with Crippen LogP contribution in [0.3, 0.4) is 0 Å². The highest BCUT2D eigenvalue weighted by Crippen LogP contribution is 2.27. The van der Waals surface area contributed by atoms with Gasteiger partial charge < -0.3 is 11.1 Å². The first-order valence-electron chi connectivity index (χ1n) is 6.78. The van der Waals surface area contributed by atoms with Gasteiger partial charge in [-0.05, 0) is 55.2 Å². The van der Waals surface area contributed by atoms with Crippen LogP contribution in [0.25, 0.3) is 0 Å². The van der Waals surface area contributed by atoms with E-state index >= 15 is 0 Å². The van der Waals surface area contributed by atoms with Gasteiger partial charge in [0.2, 0.25) is 5.91 Å². The number of nitrogens with one attached hydrogen (secondary N) is 1. The van der Waals surface area contributed by atoms with Crippen LogP contribution < -0.4 is 11.1 Å². The molecule has 0 spiro atoms. The SMILES string of the molecule is Cc1ccc(CC(=O)Nc2c(C)cc(Br)cc2N)cc1C. The van der Waals surface area contributed by atoms with Gasteiger partial charge in [0, 0.05) is 4.47 Å². The fourth-order valence-corrected chi connectivity index (χ4v) is 2.81. The zero-order valence-electron chi connectivity index (χ0n) is 12.5. The lowest BCUT2D eigenvalue weighted by molar-refractivity contribution is -0.115. The number of anilines is 2. The van der Waals surface area contributed by atoms with Crippen LogP contribution in [0, 0.1) is 20.8 Å². The van der Waals surface area contributed by atoms with Crippen molar-refractivity contribution in [3.63, 3.8) is 0 Å². The smallest absolute Gasteiger partial charge is 0.228 e. The minimum atomic E-state index is -0.0598. The van der Waals surface area contributed by atoms with Gasteiger partial charge in [0.05, 0.1) is 17.8 Å². The Balaban J connectivity index is 2.13. The second-order valence-corrected chi connectivity index (χ2v) is 6.25. The molecule has 0 saturated carbocycles. The molecule has 2 rings (SSSR count). The number of amides is 1. The molecule has 0 radical (unpaired) electrons. The van der Waals surface area contributed by atoms with Gasteiger partial charge in [-0.2, -0.15) is 0 Å². The van der Waals surface area contributed by atoms with E-state index in [9.17, 15) is 4.79 Å². The summed E-state index contributed by atoms with van der Waals surface area (Å²) in [6, 6.07) is 9.80. The summed E-state index contributed by atoms with van der Waals surface area (Å²) in [5.41, 5.74) is 11.6. The van der Waals surface area contributed by atoms with Crippen molar-refractivity contribution in [3.8, 4) is 0 Å². The lowest BCUT2D eigenvalue weighted by Crippen LogP contribution is -2.16. The third-order valence-electron chi connectivity index (χ3n) is 3.53. The summed E-state index contributed by atoms with van der Waals surface area (Å²) in [4.78, 5) is 12.2. The Kier molecular flexibility index (Phi) is 4.68. The Morgan fingerprint density at radius 1 is 1.10 bits per heavy atom. The predicted molar refractivity (Wildman–Crippen MR) is 91.5 cm³/mol. The molecule has 21 heavy (non-hydrogen) atoms. The lowest BCUT2D eigenvalue weighted by Gasteiger charge is -2.12. The second-order valence-electron chi connectivity index (χ2n) is 5.33. The number of hydrogen-bond donors (Lipinski definition) is 2. The van der Waals surface area contributed by atoms with E-state index in [0.29, 0.717) is 17.8 Å². The van der Waals surface area contributed by atoms with Crippen molar-refractivity contribution in [1.82, 2.24) is 0 Å².